The molecular weight excluding hydrogens is 340 g/mol. The lowest BCUT2D eigenvalue weighted by molar-refractivity contribution is 0.262. The van der Waals surface area contributed by atoms with E-state index in [1.807, 2.05) is 48.5 Å². The van der Waals surface area contributed by atoms with Gasteiger partial charge in [0.1, 0.15) is 0 Å². The number of rotatable bonds is 2. The van der Waals surface area contributed by atoms with Crippen LogP contribution in [0, 0.1) is 0 Å². The molecular formula is C21H18N4O2. The van der Waals surface area contributed by atoms with Crippen molar-refractivity contribution in [2.75, 3.05) is 0 Å². The van der Waals surface area contributed by atoms with Gasteiger partial charge < -0.3 is 10.2 Å². The molecule has 2 aromatic carbocycles. The summed E-state index contributed by atoms with van der Waals surface area (Å²) in [6.45, 7) is -0.185. The van der Waals surface area contributed by atoms with Gasteiger partial charge in [-0.3, -0.25) is 0 Å². The minimum absolute atomic E-state index is 0.0897. The predicted octanol–water partition coefficient (Wildman–Crippen LogP) is 3.10. The van der Waals surface area contributed by atoms with E-state index in [1.54, 1.807) is 29.3 Å². The lowest BCUT2D eigenvalue weighted by Crippen LogP contribution is -1.92. The minimum Gasteiger partial charge on any atom is -0.392 e. The lowest BCUT2D eigenvalue weighted by Gasteiger charge is -2.02. The van der Waals surface area contributed by atoms with Crippen molar-refractivity contribution in [3.63, 3.8) is 0 Å². The number of aromatic nitrogens is 4. The Morgan fingerprint density at radius 1 is 0.741 bits per heavy atom. The molecule has 5 aromatic rings. The fourth-order valence-corrected chi connectivity index (χ4v) is 3.16. The van der Waals surface area contributed by atoms with Crippen LogP contribution in [0.15, 0.2) is 73.3 Å². The van der Waals surface area contributed by atoms with Crippen molar-refractivity contribution in [2.45, 2.75) is 13.2 Å². The molecule has 2 N–H and O–H groups in total. The van der Waals surface area contributed by atoms with Crippen LogP contribution in [0.4, 0.5) is 0 Å². The number of fused-ring (bicyclic) bond motifs is 4. The van der Waals surface area contributed by atoms with Crippen LogP contribution in [0.2, 0.25) is 0 Å². The largest absolute Gasteiger partial charge is 0.392 e. The first-order chi connectivity index (χ1) is 13.3. The van der Waals surface area contributed by atoms with Gasteiger partial charge in [-0.1, -0.05) is 48.5 Å². The minimum atomic E-state index is -0.0952. The average Bonchev–Trinajstić information content (AvgIpc) is 3.12. The molecule has 3 aromatic heterocycles. The van der Waals surface area contributed by atoms with E-state index >= 15 is 0 Å². The Labute approximate surface area is 155 Å². The molecule has 3 heterocycles. The SMILES string of the molecule is OCc1cn2ncc3ccccc3c2c1CO.c1ccc2cnncc2c1. The van der Waals surface area contributed by atoms with Crippen LogP contribution < -0.4 is 0 Å². The summed E-state index contributed by atoms with van der Waals surface area (Å²) in [5, 5.41) is 34.9. The Morgan fingerprint density at radius 3 is 2.00 bits per heavy atom. The number of nitrogens with zero attached hydrogens (tertiary/aromatic N) is 4. The highest BCUT2D eigenvalue weighted by atomic mass is 16.3. The summed E-state index contributed by atoms with van der Waals surface area (Å²) in [5.74, 6) is 0. The first kappa shape index (κ1) is 17.1. The van der Waals surface area contributed by atoms with Gasteiger partial charge in [-0.2, -0.15) is 15.3 Å². The first-order valence-electron chi connectivity index (χ1n) is 8.56. The third kappa shape index (κ3) is 3.23. The van der Waals surface area contributed by atoms with Crippen molar-refractivity contribution in [1.29, 1.82) is 0 Å². The number of aliphatic hydroxyl groups excluding tert-OH is 2. The zero-order valence-corrected chi connectivity index (χ0v) is 14.5. The molecule has 0 aliphatic rings. The van der Waals surface area contributed by atoms with Gasteiger partial charge in [0.15, 0.2) is 0 Å². The monoisotopic (exact) mass is 358 g/mol. The third-order valence-electron chi connectivity index (χ3n) is 4.50. The first-order valence-corrected chi connectivity index (χ1v) is 8.56. The second kappa shape index (κ2) is 7.49. The molecule has 134 valence electrons. The fraction of sp³-hybridized carbons (Fsp3) is 0.0952. The van der Waals surface area contributed by atoms with Gasteiger partial charge in [0.25, 0.3) is 0 Å². The van der Waals surface area contributed by atoms with Crippen LogP contribution in [-0.2, 0) is 13.2 Å². The standard InChI is InChI=1S/C13H12N2O2.C8H6N2/c16-7-10-6-15-13(12(10)8-17)11-4-2-1-3-9(11)5-14-15;1-2-4-8-6-10-9-5-7(8)3-1/h1-6,16-17H,7-8H2;1-6H. The van der Waals surface area contributed by atoms with Gasteiger partial charge in [-0.15, -0.1) is 0 Å². The summed E-state index contributed by atoms with van der Waals surface area (Å²) in [5.41, 5.74) is 2.34. The average molecular weight is 358 g/mol. The Morgan fingerprint density at radius 2 is 1.37 bits per heavy atom. The summed E-state index contributed by atoms with van der Waals surface area (Å²) >= 11 is 0. The zero-order valence-electron chi connectivity index (χ0n) is 14.5. The van der Waals surface area contributed by atoms with Crippen molar-refractivity contribution < 1.29 is 10.2 Å². The second-order valence-corrected chi connectivity index (χ2v) is 6.09. The summed E-state index contributed by atoms with van der Waals surface area (Å²) in [7, 11) is 0. The van der Waals surface area contributed by atoms with Crippen molar-refractivity contribution in [1.82, 2.24) is 19.8 Å². The lowest BCUT2D eigenvalue weighted by atomic mass is 10.1. The van der Waals surface area contributed by atoms with Crippen LogP contribution in [0.25, 0.3) is 27.1 Å². The Kier molecular flexibility index (Phi) is 4.74. The smallest absolute Gasteiger partial charge is 0.0783 e. The van der Waals surface area contributed by atoms with Crippen LogP contribution in [0.5, 0.6) is 0 Å². The molecule has 5 rings (SSSR count). The van der Waals surface area contributed by atoms with Crippen molar-refractivity contribution >= 4 is 27.1 Å². The molecule has 0 atom stereocenters. The van der Waals surface area contributed by atoms with E-state index in [2.05, 4.69) is 15.3 Å². The molecule has 0 radical (unpaired) electrons. The van der Waals surface area contributed by atoms with E-state index in [9.17, 15) is 10.2 Å². The van der Waals surface area contributed by atoms with Crippen LogP contribution in [-0.4, -0.2) is 30.0 Å². The van der Waals surface area contributed by atoms with Crippen molar-refractivity contribution in [3.8, 4) is 0 Å². The van der Waals surface area contributed by atoms with Crippen molar-refractivity contribution in [3.05, 3.63) is 84.4 Å². The summed E-state index contributed by atoms with van der Waals surface area (Å²) < 4.78 is 1.71. The number of hydrogen-bond acceptors (Lipinski definition) is 5. The van der Waals surface area contributed by atoms with Crippen molar-refractivity contribution in [2.24, 2.45) is 0 Å². The molecule has 0 aliphatic carbocycles. The van der Waals surface area contributed by atoms with E-state index in [4.69, 9.17) is 0 Å². The number of aliphatic hydroxyl groups is 2. The predicted molar refractivity (Wildman–Crippen MR) is 104 cm³/mol. The molecule has 6 nitrogen and oxygen atoms in total. The Bertz CT molecular complexity index is 1150. The highest BCUT2D eigenvalue weighted by molar-refractivity contribution is 5.97. The van der Waals surface area contributed by atoms with Crippen LogP contribution in [0.3, 0.4) is 0 Å². The van der Waals surface area contributed by atoms with Gasteiger partial charge in [-0.05, 0) is 0 Å². The summed E-state index contributed by atoms with van der Waals surface area (Å²) in [4.78, 5) is 0. The summed E-state index contributed by atoms with van der Waals surface area (Å²) in [6, 6.07) is 15.9. The van der Waals surface area contributed by atoms with E-state index < -0.39 is 0 Å². The van der Waals surface area contributed by atoms with Gasteiger partial charge in [0.05, 0.1) is 37.3 Å². The summed E-state index contributed by atoms with van der Waals surface area (Å²) in [6.07, 6.45) is 7.06. The number of benzene rings is 2. The maximum Gasteiger partial charge on any atom is 0.0783 e. The van der Waals surface area contributed by atoms with Gasteiger partial charge >= 0.3 is 0 Å². The molecule has 27 heavy (non-hydrogen) atoms. The van der Waals surface area contributed by atoms with E-state index in [1.165, 1.54) is 0 Å². The molecule has 0 bridgehead atoms. The highest BCUT2D eigenvalue weighted by Gasteiger charge is 2.12. The second-order valence-electron chi connectivity index (χ2n) is 6.09. The van der Waals surface area contributed by atoms with Gasteiger partial charge in [0.2, 0.25) is 0 Å². The Balaban J connectivity index is 0.000000153. The van der Waals surface area contributed by atoms with E-state index in [0.29, 0.717) is 0 Å². The fourth-order valence-electron chi connectivity index (χ4n) is 3.16. The van der Waals surface area contributed by atoms with Gasteiger partial charge in [0, 0.05) is 38.9 Å². The molecule has 0 unspecified atom stereocenters. The highest BCUT2D eigenvalue weighted by Crippen LogP contribution is 2.25. The topological polar surface area (TPSA) is 83.5 Å². The molecule has 0 amide bonds. The maximum atomic E-state index is 9.44. The number of hydrogen-bond donors (Lipinski definition) is 2. The third-order valence-corrected chi connectivity index (χ3v) is 4.50. The molecule has 0 fully saturated rings. The molecule has 0 saturated carbocycles. The molecule has 6 heteroatoms. The normalized spacial score (nSPS) is 10.9. The zero-order chi connectivity index (χ0) is 18.6. The van der Waals surface area contributed by atoms with E-state index in [-0.39, 0.29) is 13.2 Å². The van der Waals surface area contributed by atoms with Crippen LogP contribution in [0.1, 0.15) is 11.1 Å². The molecule has 0 spiro atoms. The van der Waals surface area contributed by atoms with Gasteiger partial charge in [-0.25, -0.2) is 4.52 Å². The molecule has 0 saturated heterocycles. The maximum absolute atomic E-state index is 9.44. The molecule has 0 aliphatic heterocycles. The Hall–Kier alpha value is -3.35. The van der Waals surface area contributed by atoms with Crippen LogP contribution >= 0.6 is 0 Å². The quantitative estimate of drug-likeness (QED) is 0.507. The van der Waals surface area contributed by atoms with E-state index in [0.717, 1.165) is 38.2 Å².